The smallest absolute Gasteiger partial charge is 0.298 e. The molecule has 0 unspecified atom stereocenters. The number of aromatic hydroxyl groups is 1. The monoisotopic (exact) mass is 409 g/mol. The molecule has 1 heterocycles. The van der Waals surface area contributed by atoms with E-state index in [1.54, 1.807) is 37.3 Å². The van der Waals surface area contributed by atoms with Crippen LogP contribution in [0.1, 0.15) is 12.5 Å². The lowest BCUT2D eigenvalue weighted by Gasteiger charge is -2.12. The Morgan fingerprint density at radius 1 is 1.23 bits per heavy atom. The molecule has 0 saturated carbocycles. The van der Waals surface area contributed by atoms with Gasteiger partial charge in [0.25, 0.3) is 11.1 Å². The topological polar surface area (TPSA) is 66.8 Å². The van der Waals surface area contributed by atoms with E-state index in [1.807, 2.05) is 0 Å². The van der Waals surface area contributed by atoms with Crippen molar-refractivity contribution in [1.82, 2.24) is 0 Å². The van der Waals surface area contributed by atoms with Gasteiger partial charge >= 0.3 is 0 Å². The molecule has 3 rings (SSSR count). The van der Waals surface area contributed by atoms with Gasteiger partial charge in [0.15, 0.2) is 11.5 Å². The summed E-state index contributed by atoms with van der Waals surface area (Å²) >= 11 is 12.8. The summed E-state index contributed by atoms with van der Waals surface area (Å²) in [5, 5.41) is 10.0. The summed E-state index contributed by atoms with van der Waals surface area (Å²) in [5.41, 5.74) is 0.940. The number of amides is 2. The molecule has 2 amide bonds. The summed E-state index contributed by atoms with van der Waals surface area (Å²) in [5.74, 6) is -0.414. The van der Waals surface area contributed by atoms with Crippen LogP contribution in [0.2, 0.25) is 10.0 Å². The minimum atomic E-state index is -0.454. The normalized spacial score (nSPS) is 15.8. The molecule has 0 radical (unpaired) electrons. The van der Waals surface area contributed by atoms with Crippen molar-refractivity contribution in [2.45, 2.75) is 6.92 Å². The zero-order chi connectivity index (χ0) is 18.8. The van der Waals surface area contributed by atoms with Crippen LogP contribution >= 0.6 is 35.0 Å². The first-order chi connectivity index (χ1) is 12.4. The van der Waals surface area contributed by atoms with E-state index in [1.165, 1.54) is 12.1 Å². The van der Waals surface area contributed by atoms with Gasteiger partial charge in [0.05, 0.1) is 22.2 Å². The van der Waals surface area contributed by atoms with Gasteiger partial charge in [-0.05, 0) is 60.7 Å². The maximum absolute atomic E-state index is 12.7. The summed E-state index contributed by atoms with van der Waals surface area (Å²) in [4.78, 5) is 26.2. The molecule has 1 N–H and O–H groups in total. The van der Waals surface area contributed by atoms with Crippen LogP contribution in [-0.4, -0.2) is 22.9 Å². The fourth-order valence-corrected chi connectivity index (χ4v) is 3.64. The summed E-state index contributed by atoms with van der Waals surface area (Å²) in [6.45, 7) is 2.12. The van der Waals surface area contributed by atoms with Gasteiger partial charge in [0.1, 0.15) is 0 Å². The van der Waals surface area contributed by atoms with Gasteiger partial charge in [-0.15, -0.1) is 0 Å². The molecule has 2 aromatic carbocycles. The van der Waals surface area contributed by atoms with Gasteiger partial charge in [0.2, 0.25) is 0 Å². The largest absolute Gasteiger partial charge is 0.503 e. The summed E-state index contributed by atoms with van der Waals surface area (Å²) in [6.07, 6.45) is 1.53. The molecule has 1 aliphatic heterocycles. The Morgan fingerprint density at radius 2 is 2.00 bits per heavy atom. The first kappa shape index (κ1) is 18.6. The van der Waals surface area contributed by atoms with Crippen molar-refractivity contribution in [2.75, 3.05) is 11.5 Å². The lowest BCUT2D eigenvalue weighted by atomic mass is 10.1. The molecule has 8 heteroatoms. The van der Waals surface area contributed by atoms with E-state index in [2.05, 4.69) is 0 Å². The van der Waals surface area contributed by atoms with Gasteiger partial charge in [-0.1, -0.05) is 29.3 Å². The molecule has 0 spiro atoms. The zero-order valence-electron chi connectivity index (χ0n) is 13.5. The Hall–Kier alpha value is -2.15. The highest BCUT2D eigenvalue weighted by Gasteiger charge is 2.36. The van der Waals surface area contributed by atoms with Crippen molar-refractivity contribution in [1.29, 1.82) is 0 Å². The number of nitrogens with zero attached hydrogens (tertiary/aromatic N) is 1. The van der Waals surface area contributed by atoms with Crippen LogP contribution in [0.3, 0.4) is 0 Å². The third kappa shape index (κ3) is 3.67. The Kier molecular flexibility index (Phi) is 5.46. The number of phenols is 1. The molecule has 1 aliphatic rings. The molecule has 0 aliphatic carbocycles. The van der Waals surface area contributed by atoms with Gasteiger partial charge in [-0.3, -0.25) is 9.59 Å². The quantitative estimate of drug-likeness (QED) is 0.690. The number of anilines is 1. The molecule has 2 aromatic rings. The minimum Gasteiger partial charge on any atom is -0.503 e. The van der Waals surface area contributed by atoms with E-state index in [4.69, 9.17) is 27.9 Å². The Balaban J connectivity index is 1.96. The number of rotatable bonds is 4. The number of benzene rings is 2. The maximum atomic E-state index is 12.7. The second-order valence-electron chi connectivity index (χ2n) is 5.28. The van der Waals surface area contributed by atoms with Crippen LogP contribution in [-0.2, 0) is 4.79 Å². The minimum absolute atomic E-state index is 0.0938. The number of hydrogen-bond donors (Lipinski definition) is 1. The van der Waals surface area contributed by atoms with E-state index < -0.39 is 11.1 Å². The number of carbonyl (C=O) groups excluding carboxylic acids is 2. The highest BCUT2D eigenvalue weighted by molar-refractivity contribution is 8.19. The number of ether oxygens (including phenoxy) is 1. The van der Waals surface area contributed by atoms with Crippen molar-refractivity contribution in [3.63, 3.8) is 0 Å². The van der Waals surface area contributed by atoms with Gasteiger partial charge in [0, 0.05) is 5.02 Å². The van der Waals surface area contributed by atoms with Gasteiger partial charge in [-0.25, -0.2) is 4.90 Å². The molecule has 1 fully saturated rings. The van der Waals surface area contributed by atoms with Crippen molar-refractivity contribution in [2.24, 2.45) is 0 Å². The first-order valence-corrected chi connectivity index (χ1v) is 9.16. The van der Waals surface area contributed by atoms with Crippen LogP contribution in [0.25, 0.3) is 6.08 Å². The van der Waals surface area contributed by atoms with Crippen molar-refractivity contribution in [3.05, 3.63) is 56.9 Å². The second kappa shape index (κ2) is 7.61. The van der Waals surface area contributed by atoms with E-state index in [0.717, 1.165) is 16.7 Å². The van der Waals surface area contributed by atoms with Crippen molar-refractivity contribution >= 4 is 57.9 Å². The number of phenolic OH excluding ortho intramolecular Hbond substituents is 1. The lowest BCUT2D eigenvalue weighted by molar-refractivity contribution is -0.113. The van der Waals surface area contributed by atoms with E-state index >= 15 is 0 Å². The highest BCUT2D eigenvalue weighted by Crippen LogP contribution is 2.39. The number of imide groups is 1. The molecule has 0 bridgehead atoms. The average molecular weight is 410 g/mol. The Morgan fingerprint density at radius 3 is 2.69 bits per heavy atom. The summed E-state index contributed by atoms with van der Waals surface area (Å²) < 4.78 is 5.33. The number of halogens is 2. The third-order valence-electron chi connectivity index (χ3n) is 3.51. The van der Waals surface area contributed by atoms with Gasteiger partial charge < -0.3 is 9.84 Å². The van der Waals surface area contributed by atoms with Crippen LogP contribution in [0.5, 0.6) is 11.5 Å². The van der Waals surface area contributed by atoms with E-state index in [9.17, 15) is 14.7 Å². The van der Waals surface area contributed by atoms with Crippen LogP contribution in [0.4, 0.5) is 10.5 Å². The molecule has 1 saturated heterocycles. The fraction of sp³-hybridized carbons (Fsp3) is 0.111. The lowest BCUT2D eigenvalue weighted by Crippen LogP contribution is -2.27. The van der Waals surface area contributed by atoms with Gasteiger partial charge in [-0.2, -0.15) is 0 Å². The molecule has 134 valence electrons. The molecule has 0 aromatic heterocycles. The molecule has 26 heavy (non-hydrogen) atoms. The van der Waals surface area contributed by atoms with Crippen molar-refractivity contribution in [3.8, 4) is 11.5 Å². The first-order valence-electron chi connectivity index (χ1n) is 7.59. The predicted molar refractivity (Wildman–Crippen MR) is 104 cm³/mol. The second-order valence-corrected chi connectivity index (χ2v) is 7.12. The molecular formula is C18H13Cl2NO4S. The number of hydrogen-bond acceptors (Lipinski definition) is 5. The average Bonchev–Trinajstić information content (AvgIpc) is 2.86. The summed E-state index contributed by atoms with van der Waals surface area (Å²) in [7, 11) is 0. The number of thioether (sulfide) groups is 1. The van der Waals surface area contributed by atoms with Crippen LogP contribution in [0, 0.1) is 0 Å². The molecule has 0 atom stereocenters. The van der Waals surface area contributed by atoms with E-state index in [0.29, 0.717) is 22.9 Å². The Bertz CT molecular complexity index is 929. The molecule has 5 nitrogen and oxygen atoms in total. The van der Waals surface area contributed by atoms with Crippen LogP contribution in [0.15, 0.2) is 41.3 Å². The predicted octanol–water partition coefficient (Wildman–Crippen LogP) is 5.34. The zero-order valence-corrected chi connectivity index (χ0v) is 15.9. The fourth-order valence-electron chi connectivity index (χ4n) is 2.40. The standard InChI is InChI=1S/C18H13Cl2NO4S/c1-2-25-14-7-10(6-13(20)16(14)22)8-15-17(23)21(18(24)26-15)12-5-3-4-11(19)9-12/h3-9,22H,2H2,1H3. The van der Waals surface area contributed by atoms with E-state index in [-0.39, 0.29) is 21.4 Å². The number of carbonyl (C=O) groups is 2. The highest BCUT2D eigenvalue weighted by atomic mass is 35.5. The molecular weight excluding hydrogens is 397 g/mol. The SMILES string of the molecule is CCOc1cc(C=C2SC(=O)N(c3cccc(Cl)c3)C2=O)cc(Cl)c1O. The van der Waals surface area contributed by atoms with Crippen LogP contribution < -0.4 is 9.64 Å². The Labute approximate surface area is 164 Å². The van der Waals surface area contributed by atoms with Crippen molar-refractivity contribution < 1.29 is 19.4 Å². The maximum Gasteiger partial charge on any atom is 0.298 e. The third-order valence-corrected chi connectivity index (χ3v) is 4.90. The summed E-state index contributed by atoms with van der Waals surface area (Å²) in [6, 6.07) is 9.55.